The molecule has 0 N–H and O–H groups in total. The van der Waals surface area contributed by atoms with Crippen LogP contribution < -0.4 is 0 Å². The van der Waals surface area contributed by atoms with Gasteiger partial charge in [-0.3, -0.25) is 0 Å². The van der Waals surface area contributed by atoms with E-state index < -0.39 is 0 Å². The van der Waals surface area contributed by atoms with Crippen LogP contribution in [0.25, 0.3) is 10.8 Å². The van der Waals surface area contributed by atoms with E-state index >= 15 is 0 Å². The van der Waals surface area contributed by atoms with Gasteiger partial charge in [0.2, 0.25) is 0 Å². The van der Waals surface area contributed by atoms with Crippen molar-refractivity contribution in [3.63, 3.8) is 0 Å². The summed E-state index contributed by atoms with van der Waals surface area (Å²) >= 11 is 5.86. The summed E-state index contributed by atoms with van der Waals surface area (Å²) in [6.07, 6.45) is 5.57. The second kappa shape index (κ2) is 8.49. The predicted molar refractivity (Wildman–Crippen MR) is 106 cm³/mol. The Kier molecular flexibility index (Phi) is 6.09. The van der Waals surface area contributed by atoms with Crippen molar-refractivity contribution in [2.24, 2.45) is 0 Å². The summed E-state index contributed by atoms with van der Waals surface area (Å²) in [7, 11) is 0. The van der Waals surface area contributed by atoms with Crippen LogP contribution >= 0.6 is 11.6 Å². The maximum Gasteiger partial charge on any atom is 0.142 e. The highest BCUT2D eigenvalue weighted by Crippen LogP contribution is 2.30. The summed E-state index contributed by atoms with van der Waals surface area (Å²) in [5.41, 5.74) is 2.35. The van der Waals surface area contributed by atoms with Gasteiger partial charge in [-0.25, -0.2) is 4.39 Å². The Hall–Kier alpha value is -1.86. The van der Waals surface area contributed by atoms with Gasteiger partial charge in [0.1, 0.15) is 5.82 Å². The van der Waals surface area contributed by atoms with Crippen LogP contribution in [0.2, 0.25) is 5.02 Å². The van der Waals surface area contributed by atoms with E-state index in [-0.39, 0.29) is 10.8 Å². The zero-order valence-corrected chi connectivity index (χ0v) is 15.4. The van der Waals surface area contributed by atoms with Crippen LogP contribution in [0, 0.1) is 5.82 Å². The standard InChI is InChI=1S/C23H24ClF/c1-2-3-4-8-20(21-12-13-22(24)23(25)16-21)15-17-10-11-18-7-5-6-9-19(18)14-17/h5-7,9-14,16,20H,2-4,8,15H2,1H3. The van der Waals surface area contributed by atoms with E-state index in [2.05, 4.69) is 49.4 Å². The number of rotatable bonds is 7. The summed E-state index contributed by atoms with van der Waals surface area (Å²) in [6.45, 7) is 2.21. The lowest BCUT2D eigenvalue weighted by Gasteiger charge is -2.18. The maximum atomic E-state index is 13.9. The van der Waals surface area contributed by atoms with E-state index in [1.54, 1.807) is 12.1 Å². The molecule has 0 saturated carbocycles. The molecule has 0 aliphatic heterocycles. The molecule has 0 spiro atoms. The zero-order chi connectivity index (χ0) is 17.6. The van der Waals surface area contributed by atoms with Gasteiger partial charge < -0.3 is 0 Å². The Morgan fingerprint density at radius 1 is 0.920 bits per heavy atom. The first-order chi connectivity index (χ1) is 12.2. The molecule has 0 aliphatic rings. The molecule has 0 bridgehead atoms. The molecule has 0 nitrogen and oxygen atoms in total. The number of hydrogen-bond donors (Lipinski definition) is 0. The zero-order valence-electron chi connectivity index (χ0n) is 14.6. The van der Waals surface area contributed by atoms with Crippen LogP contribution in [-0.2, 0) is 6.42 Å². The summed E-state index contributed by atoms with van der Waals surface area (Å²) in [5.74, 6) is -0.00218. The van der Waals surface area contributed by atoms with E-state index in [1.165, 1.54) is 35.6 Å². The van der Waals surface area contributed by atoms with Gasteiger partial charge in [-0.05, 0) is 52.8 Å². The number of halogens is 2. The molecule has 0 fully saturated rings. The molecule has 1 atom stereocenters. The van der Waals surface area contributed by atoms with Crippen LogP contribution in [0.5, 0.6) is 0 Å². The summed E-state index contributed by atoms with van der Waals surface area (Å²) in [5, 5.41) is 2.71. The highest BCUT2D eigenvalue weighted by molar-refractivity contribution is 6.30. The molecule has 3 rings (SSSR count). The SMILES string of the molecule is CCCCCC(Cc1ccc2ccccc2c1)c1ccc(Cl)c(F)c1. The number of hydrogen-bond acceptors (Lipinski definition) is 0. The van der Waals surface area contributed by atoms with E-state index in [0.29, 0.717) is 5.92 Å². The fourth-order valence-corrected chi connectivity index (χ4v) is 3.56. The normalized spacial score (nSPS) is 12.4. The lowest BCUT2D eigenvalue weighted by molar-refractivity contribution is 0.557. The molecule has 0 aliphatic carbocycles. The first-order valence-electron chi connectivity index (χ1n) is 9.10. The summed E-state index contributed by atoms with van der Waals surface area (Å²) < 4.78 is 13.9. The average Bonchev–Trinajstić information content (AvgIpc) is 2.63. The van der Waals surface area contributed by atoms with Gasteiger partial charge in [-0.15, -0.1) is 0 Å². The van der Waals surface area contributed by atoms with Gasteiger partial charge in [0.05, 0.1) is 5.02 Å². The molecule has 2 heteroatoms. The number of fused-ring (bicyclic) bond motifs is 1. The van der Waals surface area contributed by atoms with Crippen molar-refractivity contribution in [2.45, 2.75) is 44.9 Å². The van der Waals surface area contributed by atoms with Gasteiger partial charge >= 0.3 is 0 Å². The average molecular weight is 355 g/mol. The van der Waals surface area contributed by atoms with Crippen molar-refractivity contribution in [1.29, 1.82) is 0 Å². The van der Waals surface area contributed by atoms with Gasteiger partial charge in [-0.1, -0.05) is 86.3 Å². The molecule has 1 unspecified atom stereocenters. The smallest absolute Gasteiger partial charge is 0.142 e. The van der Waals surface area contributed by atoms with Crippen LogP contribution in [0.4, 0.5) is 4.39 Å². The highest BCUT2D eigenvalue weighted by Gasteiger charge is 2.14. The second-order valence-corrected chi connectivity index (χ2v) is 7.16. The van der Waals surface area contributed by atoms with E-state index in [0.717, 1.165) is 18.4 Å². The van der Waals surface area contributed by atoms with Crippen molar-refractivity contribution in [3.05, 3.63) is 82.6 Å². The molecular weight excluding hydrogens is 331 g/mol. The molecule has 0 heterocycles. The molecule has 3 aromatic rings. The van der Waals surface area contributed by atoms with Crippen LogP contribution in [0.1, 0.15) is 49.7 Å². The van der Waals surface area contributed by atoms with Crippen LogP contribution in [0.15, 0.2) is 60.7 Å². The highest BCUT2D eigenvalue weighted by atomic mass is 35.5. The Morgan fingerprint density at radius 2 is 1.72 bits per heavy atom. The Balaban J connectivity index is 1.85. The minimum atomic E-state index is -0.321. The van der Waals surface area contributed by atoms with Crippen LogP contribution in [0.3, 0.4) is 0 Å². The topological polar surface area (TPSA) is 0 Å². The first kappa shape index (κ1) is 17.9. The third kappa shape index (κ3) is 4.61. The van der Waals surface area contributed by atoms with E-state index in [1.807, 2.05) is 6.07 Å². The van der Waals surface area contributed by atoms with E-state index in [9.17, 15) is 4.39 Å². The van der Waals surface area contributed by atoms with Crippen LogP contribution in [-0.4, -0.2) is 0 Å². The molecule has 0 saturated heterocycles. The van der Waals surface area contributed by atoms with E-state index in [4.69, 9.17) is 11.6 Å². The third-order valence-electron chi connectivity index (χ3n) is 4.87. The molecule has 25 heavy (non-hydrogen) atoms. The summed E-state index contributed by atoms with van der Waals surface area (Å²) in [6, 6.07) is 20.3. The molecule has 0 radical (unpaired) electrons. The largest absolute Gasteiger partial charge is 0.205 e. The first-order valence-corrected chi connectivity index (χ1v) is 9.48. The van der Waals surface area contributed by atoms with Crippen molar-refractivity contribution < 1.29 is 4.39 Å². The fraction of sp³-hybridized carbons (Fsp3) is 0.304. The second-order valence-electron chi connectivity index (χ2n) is 6.75. The molecule has 0 amide bonds. The maximum absolute atomic E-state index is 13.9. The molecule has 130 valence electrons. The van der Waals surface area contributed by atoms with Gasteiger partial charge in [0, 0.05) is 0 Å². The molecule has 3 aromatic carbocycles. The Morgan fingerprint density at radius 3 is 2.48 bits per heavy atom. The van der Waals surface area contributed by atoms with Gasteiger partial charge in [0.25, 0.3) is 0 Å². The van der Waals surface area contributed by atoms with Crippen molar-refractivity contribution in [2.75, 3.05) is 0 Å². The van der Waals surface area contributed by atoms with Gasteiger partial charge in [-0.2, -0.15) is 0 Å². The van der Waals surface area contributed by atoms with Crippen molar-refractivity contribution >= 4 is 22.4 Å². The van der Waals surface area contributed by atoms with Crippen molar-refractivity contribution in [1.82, 2.24) is 0 Å². The lowest BCUT2D eigenvalue weighted by atomic mass is 9.87. The molecule has 0 aromatic heterocycles. The Labute approximate surface area is 154 Å². The number of unbranched alkanes of at least 4 members (excludes halogenated alkanes) is 2. The lowest BCUT2D eigenvalue weighted by Crippen LogP contribution is -2.04. The quantitative estimate of drug-likeness (QED) is 0.384. The molecular formula is C23H24ClF. The fourth-order valence-electron chi connectivity index (χ4n) is 3.44. The minimum absolute atomic E-state index is 0.196. The third-order valence-corrected chi connectivity index (χ3v) is 5.17. The Bertz CT molecular complexity index is 840. The van der Waals surface area contributed by atoms with Crippen molar-refractivity contribution in [3.8, 4) is 0 Å². The summed E-state index contributed by atoms with van der Waals surface area (Å²) in [4.78, 5) is 0. The minimum Gasteiger partial charge on any atom is -0.205 e. The predicted octanol–water partition coefficient (Wildman–Crippen LogP) is 7.54. The number of benzene rings is 3. The monoisotopic (exact) mass is 354 g/mol. The van der Waals surface area contributed by atoms with Gasteiger partial charge in [0.15, 0.2) is 0 Å².